The molecular formula is C12H10O2. The van der Waals surface area contributed by atoms with Crippen LogP contribution in [0.3, 0.4) is 0 Å². The van der Waals surface area contributed by atoms with Crippen molar-refractivity contribution in [3.05, 3.63) is 60.1 Å². The van der Waals surface area contributed by atoms with Crippen molar-refractivity contribution in [3.63, 3.8) is 0 Å². The van der Waals surface area contributed by atoms with Crippen LogP contribution in [0.4, 0.5) is 0 Å². The van der Waals surface area contributed by atoms with Gasteiger partial charge in [-0.1, -0.05) is 30.3 Å². The Kier molecular flexibility index (Phi) is 2.45. The topological polar surface area (TPSA) is 30.2 Å². The van der Waals surface area contributed by atoms with Crippen LogP contribution in [0.5, 0.6) is 0 Å². The number of hydrogen-bond acceptors (Lipinski definition) is 2. The number of carbonyl (C=O) groups excluding carboxylic acids is 1. The number of benzene rings is 1. The van der Waals surface area contributed by atoms with E-state index in [1.165, 1.54) is 6.26 Å². The van der Waals surface area contributed by atoms with Crippen LogP contribution in [0, 0.1) is 0 Å². The standard InChI is InChI=1S/C12H10O2/c13-11(12-7-4-8-14-12)9-10-5-2-1-3-6-10/h1-8H,9H2. The second kappa shape index (κ2) is 3.92. The molecule has 1 heterocycles. The Balaban J connectivity index is 2.10. The zero-order chi connectivity index (χ0) is 9.80. The molecule has 0 amide bonds. The summed E-state index contributed by atoms with van der Waals surface area (Å²) in [7, 11) is 0. The predicted molar refractivity (Wildman–Crippen MR) is 53.2 cm³/mol. The van der Waals surface area contributed by atoms with Crippen LogP contribution in [0.15, 0.2) is 53.1 Å². The molecule has 0 saturated carbocycles. The monoisotopic (exact) mass is 186 g/mol. The summed E-state index contributed by atoms with van der Waals surface area (Å²) in [6.45, 7) is 0. The van der Waals surface area contributed by atoms with E-state index in [1.807, 2.05) is 30.3 Å². The Morgan fingerprint density at radius 3 is 2.50 bits per heavy atom. The van der Waals surface area contributed by atoms with Crippen LogP contribution in [-0.2, 0) is 6.42 Å². The first-order chi connectivity index (χ1) is 6.86. The third-order valence-corrected chi connectivity index (χ3v) is 2.00. The Labute approximate surface area is 82.2 Å². The van der Waals surface area contributed by atoms with E-state index in [1.54, 1.807) is 12.1 Å². The highest BCUT2D eigenvalue weighted by Gasteiger charge is 2.08. The van der Waals surface area contributed by atoms with Gasteiger partial charge in [-0.05, 0) is 17.7 Å². The fourth-order valence-electron chi connectivity index (χ4n) is 1.31. The van der Waals surface area contributed by atoms with Gasteiger partial charge in [0.2, 0.25) is 5.78 Å². The van der Waals surface area contributed by atoms with E-state index in [0.29, 0.717) is 12.2 Å². The highest BCUT2D eigenvalue weighted by Crippen LogP contribution is 2.07. The zero-order valence-corrected chi connectivity index (χ0v) is 7.64. The first-order valence-corrected chi connectivity index (χ1v) is 4.47. The summed E-state index contributed by atoms with van der Waals surface area (Å²) >= 11 is 0. The lowest BCUT2D eigenvalue weighted by atomic mass is 10.1. The van der Waals surface area contributed by atoms with Gasteiger partial charge in [0.05, 0.1) is 6.26 Å². The van der Waals surface area contributed by atoms with Gasteiger partial charge in [0.15, 0.2) is 5.76 Å². The normalized spacial score (nSPS) is 10.0. The fourth-order valence-corrected chi connectivity index (χ4v) is 1.31. The second-order valence-corrected chi connectivity index (χ2v) is 3.06. The molecule has 0 aliphatic heterocycles. The summed E-state index contributed by atoms with van der Waals surface area (Å²) in [4.78, 5) is 11.6. The van der Waals surface area contributed by atoms with Crippen LogP contribution in [0.1, 0.15) is 16.1 Å². The number of Topliss-reactive ketones (excluding diaryl/α,β-unsaturated/α-hetero) is 1. The summed E-state index contributed by atoms with van der Waals surface area (Å²) in [5, 5.41) is 0. The molecule has 2 aromatic rings. The van der Waals surface area contributed by atoms with Crippen molar-refractivity contribution in [3.8, 4) is 0 Å². The van der Waals surface area contributed by atoms with Gasteiger partial charge >= 0.3 is 0 Å². The minimum absolute atomic E-state index is 0.0150. The molecule has 1 aromatic heterocycles. The van der Waals surface area contributed by atoms with Gasteiger partial charge in [0.25, 0.3) is 0 Å². The molecule has 70 valence electrons. The van der Waals surface area contributed by atoms with Crippen LogP contribution in [-0.4, -0.2) is 5.78 Å². The van der Waals surface area contributed by atoms with Gasteiger partial charge in [-0.3, -0.25) is 4.79 Å². The van der Waals surface area contributed by atoms with E-state index in [2.05, 4.69) is 0 Å². The maximum atomic E-state index is 11.6. The zero-order valence-electron chi connectivity index (χ0n) is 7.64. The molecule has 1 aromatic carbocycles. The average molecular weight is 186 g/mol. The van der Waals surface area contributed by atoms with Crippen molar-refractivity contribution in [2.75, 3.05) is 0 Å². The van der Waals surface area contributed by atoms with Crippen molar-refractivity contribution in [1.29, 1.82) is 0 Å². The van der Waals surface area contributed by atoms with Crippen LogP contribution < -0.4 is 0 Å². The molecule has 14 heavy (non-hydrogen) atoms. The van der Waals surface area contributed by atoms with E-state index in [-0.39, 0.29) is 5.78 Å². The highest BCUT2D eigenvalue weighted by molar-refractivity contribution is 5.94. The lowest BCUT2D eigenvalue weighted by Crippen LogP contribution is -2.01. The Hall–Kier alpha value is -1.83. The number of rotatable bonds is 3. The number of ketones is 1. The molecule has 0 saturated heterocycles. The smallest absolute Gasteiger partial charge is 0.202 e. The van der Waals surface area contributed by atoms with Crippen molar-refractivity contribution in [2.45, 2.75) is 6.42 Å². The van der Waals surface area contributed by atoms with Gasteiger partial charge in [0, 0.05) is 6.42 Å². The molecular weight excluding hydrogens is 176 g/mol. The van der Waals surface area contributed by atoms with Crippen LogP contribution >= 0.6 is 0 Å². The van der Waals surface area contributed by atoms with Crippen LogP contribution in [0.2, 0.25) is 0 Å². The maximum Gasteiger partial charge on any atom is 0.202 e. The summed E-state index contributed by atoms with van der Waals surface area (Å²) in [5.74, 6) is 0.440. The lowest BCUT2D eigenvalue weighted by Gasteiger charge is -1.97. The first-order valence-electron chi connectivity index (χ1n) is 4.47. The minimum atomic E-state index is 0.0150. The van der Waals surface area contributed by atoms with Gasteiger partial charge in [0.1, 0.15) is 0 Å². The molecule has 0 unspecified atom stereocenters. The molecule has 0 spiro atoms. The predicted octanol–water partition coefficient (Wildman–Crippen LogP) is 2.71. The van der Waals surface area contributed by atoms with E-state index in [9.17, 15) is 4.79 Å². The summed E-state index contributed by atoms with van der Waals surface area (Å²) in [6.07, 6.45) is 1.91. The third-order valence-electron chi connectivity index (χ3n) is 2.00. The van der Waals surface area contributed by atoms with Gasteiger partial charge in [-0.2, -0.15) is 0 Å². The quantitative estimate of drug-likeness (QED) is 0.690. The van der Waals surface area contributed by atoms with Crippen molar-refractivity contribution >= 4 is 5.78 Å². The van der Waals surface area contributed by atoms with E-state index in [0.717, 1.165) is 5.56 Å². The molecule has 0 radical (unpaired) electrons. The van der Waals surface area contributed by atoms with E-state index in [4.69, 9.17) is 4.42 Å². The first kappa shape index (κ1) is 8.75. The van der Waals surface area contributed by atoms with Gasteiger partial charge < -0.3 is 4.42 Å². The molecule has 0 bridgehead atoms. The molecule has 0 aliphatic rings. The Morgan fingerprint density at radius 1 is 1.07 bits per heavy atom. The average Bonchev–Trinajstić information content (AvgIpc) is 2.72. The Bertz CT molecular complexity index is 401. The van der Waals surface area contributed by atoms with Crippen LogP contribution in [0.25, 0.3) is 0 Å². The molecule has 0 atom stereocenters. The Morgan fingerprint density at radius 2 is 1.86 bits per heavy atom. The van der Waals surface area contributed by atoms with Gasteiger partial charge in [-0.25, -0.2) is 0 Å². The number of hydrogen-bond donors (Lipinski definition) is 0. The second-order valence-electron chi connectivity index (χ2n) is 3.06. The highest BCUT2D eigenvalue weighted by atomic mass is 16.3. The van der Waals surface area contributed by atoms with E-state index >= 15 is 0 Å². The summed E-state index contributed by atoms with van der Waals surface area (Å²) in [5.41, 5.74) is 1.01. The fraction of sp³-hybridized carbons (Fsp3) is 0.0833. The summed E-state index contributed by atoms with van der Waals surface area (Å²) < 4.78 is 5.02. The maximum absolute atomic E-state index is 11.6. The molecule has 0 aliphatic carbocycles. The lowest BCUT2D eigenvalue weighted by molar-refractivity contribution is 0.0966. The summed E-state index contributed by atoms with van der Waals surface area (Å²) in [6, 6.07) is 13.0. The molecule has 2 rings (SSSR count). The largest absolute Gasteiger partial charge is 0.461 e. The SMILES string of the molecule is O=C(Cc1ccccc1)c1ccco1. The number of furan rings is 1. The minimum Gasteiger partial charge on any atom is -0.461 e. The third kappa shape index (κ3) is 1.91. The molecule has 0 N–H and O–H groups in total. The van der Waals surface area contributed by atoms with Crippen molar-refractivity contribution in [1.82, 2.24) is 0 Å². The van der Waals surface area contributed by atoms with Gasteiger partial charge in [-0.15, -0.1) is 0 Å². The van der Waals surface area contributed by atoms with Crippen molar-refractivity contribution in [2.24, 2.45) is 0 Å². The molecule has 0 fully saturated rings. The molecule has 2 heteroatoms. The van der Waals surface area contributed by atoms with Crippen molar-refractivity contribution < 1.29 is 9.21 Å². The molecule has 2 nitrogen and oxygen atoms in total. The van der Waals surface area contributed by atoms with E-state index < -0.39 is 0 Å². The number of carbonyl (C=O) groups is 1.